The Kier molecular flexibility index (Phi) is 6.11. The molecule has 0 saturated heterocycles. The van der Waals surface area contributed by atoms with Gasteiger partial charge in [-0.25, -0.2) is 4.79 Å². The van der Waals surface area contributed by atoms with Gasteiger partial charge in [0.05, 0.1) is 13.7 Å². The third kappa shape index (κ3) is 5.65. The van der Waals surface area contributed by atoms with E-state index in [4.69, 9.17) is 4.74 Å². The highest BCUT2D eigenvalue weighted by atomic mass is 16.5. The lowest BCUT2D eigenvalue weighted by Crippen LogP contribution is -2.35. The minimum Gasteiger partial charge on any atom is -0.497 e. The molecule has 0 unspecified atom stereocenters. The molecule has 2 aromatic rings. The van der Waals surface area contributed by atoms with Crippen LogP contribution in [0.2, 0.25) is 0 Å². The van der Waals surface area contributed by atoms with Crippen molar-refractivity contribution >= 4 is 29.1 Å². The lowest BCUT2D eigenvalue weighted by Gasteiger charge is -2.09. The number of benzene rings is 2. The van der Waals surface area contributed by atoms with Gasteiger partial charge in [-0.05, 0) is 55.5 Å². The van der Waals surface area contributed by atoms with Crippen molar-refractivity contribution in [1.29, 1.82) is 0 Å². The predicted octanol–water partition coefficient (Wildman–Crippen LogP) is 2.66. The maximum atomic E-state index is 11.8. The van der Waals surface area contributed by atoms with Crippen LogP contribution in [-0.4, -0.2) is 31.4 Å². The molecule has 130 valence electrons. The Morgan fingerprint density at radius 2 is 1.44 bits per heavy atom. The van der Waals surface area contributed by atoms with E-state index >= 15 is 0 Å². The highest BCUT2D eigenvalue weighted by Gasteiger charge is 2.07. The summed E-state index contributed by atoms with van der Waals surface area (Å²) in [5.74, 6) is 0.260. The summed E-state index contributed by atoms with van der Waals surface area (Å²) in [6, 6.07) is 12.8. The molecule has 0 aliphatic carbocycles. The number of amides is 3. The second-order valence-electron chi connectivity index (χ2n) is 5.22. The Labute approximate surface area is 145 Å². The SMILES string of the molecule is COc1ccc(NC(=O)NCC(=O)Nc2ccc(C(C)=O)cc2)cc1. The van der Waals surface area contributed by atoms with Crippen LogP contribution in [0.4, 0.5) is 16.2 Å². The largest absolute Gasteiger partial charge is 0.497 e. The van der Waals surface area contributed by atoms with Crippen molar-refractivity contribution in [2.45, 2.75) is 6.92 Å². The molecule has 2 aromatic carbocycles. The Balaban J connectivity index is 1.78. The number of rotatable bonds is 6. The summed E-state index contributed by atoms with van der Waals surface area (Å²) in [5, 5.41) is 7.70. The molecule has 0 bridgehead atoms. The van der Waals surface area contributed by atoms with Crippen LogP contribution < -0.4 is 20.7 Å². The third-order valence-electron chi connectivity index (χ3n) is 3.33. The van der Waals surface area contributed by atoms with Crippen molar-refractivity contribution in [3.63, 3.8) is 0 Å². The molecule has 0 spiro atoms. The summed E-state index contributed by atoms with van der Waals surface area (Å²) in [6.07, 6.45) is 0. The van der Waals surface area contributed by atoms with E-state index in [0.29, 0.717) is 22.7 Å². The third-order valence-corrected chi connectivity index (χ3v) is 3.33. The molecule has 3 N–H and O–H groups in total. The van der Waals surface area contributed by atoms with Crippen molar-refractivity contribution in [2.24, 2.45) is 0 Å². The van der Waals surface area contributed by atoms with E-state index < -0.39 is 6.03 Å². The summed E-state index contributed by atoms with van der Waals surface area (Å²) in [4.78, 5) is 34.8. The molecule has 25 heavy (non-hydrogen) atoms. The number of hydrogen-bond donors (Lipinski definition) is 3. The maximum absolute atomic E-state index is 11.8. The van der Waals surface area contributed by atoms with Gasteiger partial charge in [0.2, 0.25) is 5.91 Å². The number of urea groups is 1. The van der Waals surface area contributed by atoms with Gasteiger partial charge < -0.3 is 20.7 Å². The molecule has 7 nitrogen and oxygen atoms in total. The van der Waals surface area contributed by atoms with Crippen LogP contribution in [0.3, 0.4) is 0 Å². The van der Waals surface area contributed by atoms with Crippen LogP contribution in [-0.2, 0) is 4.79 Å². The molecule has 0 fully saturated rings. The smallest absolute Gasteiger partial charge is 0.319 e. The first-order chi connectivity index (χ1) is 12.0. The Hall–Kier alpha value is -3.35. The van der Waals surface area contributed by atoms with E-state index in [2.05, 4.69) is 16.0 Å². The second kappa shape index (κ2) is 8.49. The lowest BCUT2D eigenvalue weighted by atomic mass is 10.1. The molecule has 0 aliphatic rings. The quantitative estimate of drug-likeness (QED) is 0.704. The van der Waals surface area contributed by atoms with Crippen LogP contribution in [0.25, 0.3) is 0 Å². The monoisotopic (exact) mass is 341 g/mol. The lowest BCUT2D eigenvalue weighted by molar-refractivity contribution is -0.115. The summed E-state index contributed by atoms with van der Waals surface area (Å²) in [5.41, 5.74) is 1.70. The van der Waals surface area contributed by atoms with Crippen molar-refractivity contribution in [3.8, 4) is 5.75 Å². The van der Waals surface area contributed by atoms with Crippen LogP contribution in [0, 0.1) is 0 Å². The number of ketones is 1. The van der Waals surface area contributed by atoms with Crippen LogP contribution >= 0.6 is 0 Å². The predicted molar refractivity (Wildman–Crippen MR) is 95.1 cm³/mol. The van der Waals surface area contributed by atoms with E-state index in [9.17, 15) is 14.4 Å². The number of anilines is 2. The molecule has 7 heteroatoms. The number of methoxy groups -OCH3 is 1. The highest BCUT2D eigenvalue weighted by Crippen LogP contribution is 2.14. The first kappa shape index (κ1) is 18.0. The number of hydrogen-bond acceptors (Lipinski definition) is 4. The Morgan fingerprint density at radius 1 is 0.880 bits per heavy atom. The van der Waals surface area contributed by atoms with Crippen LogP contribution in [0.5, 0.6) is 5.75 Å². The minimum atomic E-state index is -0.493. The van der Waals surface area contributed by atoms with Gasteiger partial charge in [0.25, 0.3) is 0 Å². The number of nitrogens with one attached hydrogen (secondary N) is 3. The van der Waals surface area contributed by atoms with Gasteiger partial charge >= 0.3 is 6.03 Å². The van der Waals surface area contributed by atoms with Crippen molar-refractivity contribution < 1.29 is 19.1 Å². The number of ether oxygens (including phenoxy) is 1. The second-order valence-corrected chi connectivity index (χ2v) is 5.22. The summed E-state index contributed by atoms with van der Waals surface area (Å²) in [7, 11) is 1.56. The van der Waals surface area contributed by atoms with Gasteiger partial charge in [-0.1, -0.05) is 0 Å². The van der Waals surface area contributed by atoms with E-state index in [0.717, 1.165) is 0 Å². The standard InChI is InChI=1S/C18H19N3O4/c1-12(22)13-3-5-14(6-4-13)20-17(23)11-19-18(24)21-15-7-9-16(25-2)10-8-15/h3-10H,11H2,1-2H3,(H,20,23)(H2,19,21,24). The van der Waals surface area contributed by atoms with Gasteiger partial charge in [0.15, 0.2) is 5.78 Å². The molecule has 0 aliphatic heterocycles. The fraction of sp³-hybridized carbons (Fsp3) is 0.167. The fourth-order valence-electron chi connectivity index (χ4n) is 2.00. The normalized spacial score (nSPS) is 9.84. The van der Waals surface area contributed by atoms with Gasteiger partial charge in [-0.2, -0.15) is 0 Å². The first-order valence-electron chi connectivity index (χ1n) is 7.57. The zero-order valence-electron chi connectivity index (χ0n) is 14.0. The number of Topliss-reactive ketones (excluding diaryl/α,β-unsaturated/α-hetero) is 1. The summed E-state index contributed by atoms with van der Waals surface area (Å²) < 4.78 is 5.03. The Bertz CT molecular complexity index is 755. The molecule has 0 atom stereocenters. The van der Waals surface area contributed by atoms with E-state index in [-0.39, 0.29) is 18.2 Å². The fourth-order valence-corrected chi connectivity index (χ4v) is 2.00. The van der Waals surface area contributed by atoms with E-state index in [1.807, 2.05) is 0 Å². The zero-order valence-corrected chi connectivity index (χ0v) is 14.0. The summed E-state index contributed by atoms with van der Waals surface area (Å²) in [6.45, 7) is 1.29. The van der Waals surface area contributed by atoms with E-state index in [1.165, 1.54) is 6.92 Å². The minimum absolute atomic E-state index is 0.0465. The van der Waals surface area contributed by atoms with Crippen LogP contribution in [0.15, 0.2) is 48.5 Å². The number of carbonyl (C=O) groups excluding carboxylic acids is 3. The first-order valence-corrected chi connectivity index (χ1v) is 7.57. The number of carbonyl (C=O) groups is 3. The van der Waals surface area contributed by atoms with Crippen molar-refractivity contribution in [3.05, 3.63) is 54.1 Å². The van der Waals surface area contributed by atoms with Crippen molar-refractivity contribution in [2.75, 3.05) is 24.3 Å². The molecular weight excluding hydrogens is 322 g/mol. The molecule has 2 rings (SSSR count). The molecule has 0 aromatic heterocycles. The van der Waals surface area contributed by atoms with Crippen LogP contribution in [0.1, 0.15) is 17.3 Å². The molecule has 0 heterocycles. The summed E-state index contributed by atoms with van der Waals surface area (Å²) >= 11 is 0. The van der Waals surface area contributed by atoms with Gasteiger partial charge in [-0.15, -0.1) is 0 Å². The topological polar surface area (TPSA) is 96.5 Å². The average Bonchev–Trinajstić information content (AvgIpc) is 2.61. The van der Waals surface area contributed by atoms with Gasteiger partial charge in [-0.3, -0.25) is 9.59 Å². The Morgan fingerprint density at radius 3 is 2.00 bits per heavy atom. The molecular formula is C18H19N3O4. The zero-order chi connectivity index (χ0) is 18.2. The van der Waals surface area contributed by atoms with Crippen molar-refractivity contribution in [1.82, 2.24) is 5.32 Å². The average molecular weight is 341 g/mol. The molecule has 3 amide bonds. The van der Waals surface area contributed by atoms with Gasteiger partial charge in [0, 0.05) is 16.9 Å². The molecule has 0 saturated carbocycles. The molecule has 0 radical (unpaired) electrons. The maximum Gasteiger partial charge on any atom is 0.319 e. The highest BCUT2D eigenvalue weighted by molar-refractivity contribution is 5.98. The van der Waals surface area contributed by atoms with E-state index in [1.54, 1.807) is 55.6 Å². The van der Waals surface area contributed by atoms with Gasteiger partial charge in [0.1, 0.15) is 5.75 Å².